The topological polar surface area (TPSA) is 97.6 Å². The van der Waals surface area contributed by atoms with Gasteiger partial charge in [0.1, 0.15) is 18.3 Å². The highest BCUT2D eigenvalue weighted by atomic mass is 16.7. The van der Waals surface area contributed by atoms with Gasteiger partial charge in [-0.2, -0.15) is 0 Å². The molecule has 0 radical (unpaired) electrons. The minimum Gasteiger partial charge on any atom is -0.388 e. The zero-order chi connectivity index (χ0) is 28.2. The molecule has 3 heterocycles. The predicted octanol–water partition coefficient (Wildman–Crippen LogP) is 4.65. The van der Waals surface area contributed by atoms with Crippen molar-refractivity contribution in [2.75, 3.05) is 6.61 Å². The van der Waals surface area contributed by atoms with Crippen LogP contribution >= 0.6 is 0 Å². The van der Waals surface area contributed by atoms with Crippen LogP contribution in [0, 0.1) is 52.3 Å². The molecule has 0 aromatic rings. The van der Waals surface area contributed by atoms with Gasteiger partial charge in [-0.1, -0.05) is 27.7 Å². The molecule has 0 unspecified atom stereocenters. The van der Waals surface area contributed by atoms with Gasteiger partial charge < -0.3 is 34.3 Å². The molecule has 0 bridgehead atoms. The van der Waals surface area contributed by atoms with E-state index in [1.165, 1.54) is 38.5 Å². The summed E-state index contributed by atoms with van der Waals surface area (Å²) in [6.07, 6.45) is 7.12. The minimum absolute atomic E-state index is 0.0206. The van der Waals surface area contributed by atoms with Gasteiger partial charge in [0.25, 0.3) is 0 Å². The summed E-state index contributed by atoms with van der Waals surface area (Å²) in [5.74, 6) is 4.28. The maximum absolute atomic E-state index is 10.5. The van der Waals surface area contributed by atoms with Crippen molar-refractivity contribution < 1.29 is 34.3 Å². The monoisotopic (exact) mass is 562 g/mol. The van der Waals surface area contributed by atoms with Gasteiger partial charge in [-0.3, -0.25) is 0 Å². The van der Waals surface area contributed by atoms with Crippen LogP contribution in [0.4, 0.5) is 0 Å². The lowest BCUT2D eigenvalue weighted by molar-refractivity contribution is -0.309. The number of hydrogen-bond acceptors (Lipinski definition) is 7. The molecule has 3 aliphatic heterocycles. The molecule has 7 nitrogen and oxygen atoms in total. The van der Waals surface area contributed by atoms with Gasteiger partial charge >= 0.3 is 0 Å². The predicted molar refractivity (Wildman–Crippen MR) is 149 cm³/mol. The molecular weight excluding hydrogens is 508 g/mol. The molecule has 4 aliphatic carbocycles. The fraction of sp³-hybridized carbons (Fsp3) is 1.00. The van der Waals surface area contributed by atoms with E-state index < -0.39 is 30.7 Å². The lowest BCUT2D eigenvalue weighted by Gasteiger charge is -2.61. The SMILES string of the molecule is C[C@H]1CC[C@@]2(OC1)O[C@H]1C[C@H]3[C@@H]4CC[C@@H]5C[C@@H](O[C@@H]6O[C@@H](C)[C@H](O)[C@@H](O)[C@H]6O)CC[C@]5(C)[C@H]4CC[C@]3(C)[C@H]1[C@@H]2C. The van der Waals surface area contributed by atoms with Crippen molar-refractivity contribution in [1.82, 2.24) is 0 Å². The Morgan fingerprint density at radius 2 is 1.55 bits per heavy atom. The van der Waals surface area contributed by atoms with E-state index >= 15 is 0 Å². The second-order valence-electron chi connectivity index (χ2n) is 15.9. The van der Waals surface area contributed by atoms with Gasteiger partial charge in [0.2, 0.25) is 0 Å². The molecular formula is C33H54O7. The van der Waals surface area contributed by atoms with Crippen molar-refractivity contribution in [2.24, 2.45) is 52.3 Å². The molecule has 0 amide bonds. The summed E-state index contributed by atoms with van der Waals surface area (Å²) in [5, 5.41) is 30.8. The molecule has 3 N–H and O–H groups in total. The molecule has 4 saturated carbocycles. The smallest absolute Gasteiger partial charge is 0.186 e. The Hall–Kier alpha value is -0.280. The number of aliphatic hydroxyl groups excluding tert-OH is 3. The number of hydrogen-bond donors (Lipinski definition) is 3. The van der Waals surface area contributed by atoms with Crippen LogP contribution in [0.3, 0.4) is 0 Å². The van der Waals surface area contributed by atoms with E-state index in [0.717, 1.165) is 50.0 Å². The van der Waals surface area contributed by atoms with E-state index in [9.17, 15) is 15.3 Å². The Bertz CT molecular complexity index is 951. The quantitative estimate of drug-likeness (QED) is 0.422. The number of fused-ring (bicyclic) bond motifs is 7. The van der Waals surface area contributed by atoms with Gasteiger partial charge in [0.05, 0.1) is 24.9 Å². The Morgan fingerprint density at radius 1 is 0.775 bits per heavy atom. The van der Waals surface area contributed by atoms with Gasteiger partial charge in [-0.05, 0) is 111 Å². The van der Waals surface area contributed by atoms with Crippen molar-refractivity contribution in [1.29, 1.82) is 0 Å². The first kappa shape index (κ1) is 28.5. The van der Waals surface area contributed by atoms with E-state index in [1.54, 1.807) is 6.92 Å². The zero-order valence-electron chi connectivity index (χ0n) is 25.3. The van der Waals surface area contributed by atoms with Crippen LogP contribution < -0.4 is 0 Å². The second kappa shape index (κ2) is 9.87. The van der Waals surface area contributed by atoms with Gasteiger partial charge in [0.15, 0.2) is 12.1 Å². The fourth-order valence-corrected chi connectivity index (χ4v) is 11.7. The summed E-state index contributed by atoms with van der Waals surface area (Å²) in [6.45, 7) is 12.5. The minimum atomic E-state index is -1.24. The molecule has 17 atom stereocenters. The lowest BCUT2D eigenvalue weighted by atomic mass is 9.44. The van der Waals surface area contributed by atoms with E-state index in [0.29, 0.717) is 40.6 Å². The molecule has 3 saturated heterocycles. The maximum atomic E-state index is 10.5. The highest BCUT2D eigenvalue weighted by Crippen LogP contribution is 2.71. The maximum Gasteiger partial charge on any atom is 0.186 e. The second-order valence-corrected chi connectivity index (χ2v) is 15.9. The van der Waals surface area contributed by atoms with E-state index in [-0.39, 0.29) is 11.9 Å². The van der Waals surface area contributed by atoms with Gasteiger partial charge in [-0.25, -0.2) is 0 Å². The third-order valence-corrected chi connectivity index (χ3v) is 14.0. The standard InChI is InChI=1S/C33H54O7/c1-17-8-13-33(37-16-17)18(2)26-25(40-33)15-24-22-7-6-20-14-21(39-30-29(36)28(35)27(34)19(3)38-30)9-11-31(20,4)23(22)10-12-32(24,26)5/h17-30,34-36H,6-16H2,1-5H3/t17-,18-,19-,20+,21-,22+,23-,24-,25-,26-,27-,28+,29+,30-,31-,32-,33+/m0/s1. The third-order valence-electron chi connectivity index (χ3n) is 14.0. The van der Waals surface area contributed by atoms with Crippen LogP contribution in [0.2, 0.25) is 0 Å². The summed E-state index contributed by atoms with van der Waals surface area (Å²) in [6, 6.07) is 0. The highest BCUT2D eigenvalue weighted by molar-refractivity contribution is 5.15. The van der Waals surface area contributed by atoms with E-state index in [4.69, 9.17) is 18.9 Å². The number of rotatable bonds is 2. The van der Waals surface area contributed by atoms with E-state index in [2.05, 4.69) is 27.7 Å². The molecule has 7 aliphatic rings. The normalized spacial score (nSPS) is 61.5. The summed E-state index contributed by atoms with van der Waals surface area (Å²) >= 11 is 0. The van der Waals surface area contributed by atoms with Crippen LogP contribution in [-0.2, 0) is 18.9 Å². The average molecular weight is 563 g/mol. The summed E-state index contributed by atoms with van der Waals surface area (Å²) in [5.41, 5.74) is 0.675. The first-order valence-electron chi connectivity index (χ1n) is 16.6. The molecule has 228 valence electrons. The summed E-state index contributed by atoms with van der Waals surface area (Å²) < 4.78 is 25.5. The molecule has 7 heteroatoms. The van der Waals surface area contributed by atoms with Crippen LogP contribution in [0.25, 0.3) is 0 Å². The molecule has 0 aromatic carbocycles. The van der Waals surface area contributed by atoms with E-state index in [1.807, 2.05) is 0 Å². The van der Waals surface area contributed by atoms with Crippen LogP contribution in [0.15, 0.2) is 0 Å². The largest absolute Gasteiger partial charge is 0.388 e. The first-order chi connectivity index (χ1) is 19.0. The molecule has 7 fully saturated rings. The Morgan fingerprint density at radius 3 is 2.30 bits per heavy atom. The summed E-state index contributed by atoms with van der Waals surface area (Å²) in [7, 11) is 0. The Labute approximate surface area is 240 Å². The fourth-order valence-electron chi connectivity index (χ4n) is 11.7. The average Bonchev–Trinajstić information content (AvgIpc) is 3.37. The zero-order valence-corrected chi connectivity index (χ0v) is 25.3. The third kappa shape index (κ3) is 4.07. The van der Waals surface area contributed by atoms with Crippen LogP contribution in [0.5, 0.6) is 0 Å². The molecule has 40 heavy (non-hydrogen) atoms. The Balaban J connectivity index is 1.03. The first-order valence-corrected chi connectivity index (χ1v) is 16.6. The highest BCUT2D eigenvalue weighted by Gasteiger charge is 2.69. The van der Waals surface area contributed by atoms with Crippen LogP contribution in [-0.4, -0.2) is 70.6 Å². The molecule has 1 spiro atoms. The lowest BCUT2D eigenvalue weighted by Crippen LogP contribution is -2.59. The number of aliphatic hydroxyl groups is 3. The number of ether oxygens (including phenoxy) is 4. The van der Waals surface area contributed by atoms with Crippen molar-refractivity contribution in [3.8, 4) is 0 Å². The summed E-state index contributed by atoms with van der Waals surface area (Å²) in [4.78, 5) is 0. The molecule has 7 rings (SSSR count). The molecule has 0 aromatic heterocycles. The van der Waals surface area contributed by atoms with Crippen molar-refractivity contribution >= 4 is 0 Å². The van der Waals surface area contributed by atoms with Gasteiger partial charge in [0, 0.05) is 12.3 Å². The van der Waals surface area contributed by atoms with Crippen molar-refractivity contribution in [2.45, 2.75) is 148 Å². The van der Waals surface area contributed by atoms with Crippen molar-refractivity contribution in [3.05, 3.63) is 0 Å². The van der Waals surface area contributed by atoms with Gasteiger partial charge in [-0.15, -0.1) is 0 Å². The van der Waals surface area contributed by atoms with Crippen molar-refractivity contribution in [3.63, 3.8) is 0 Å². The Kier molecular flexibility index (Phi) is 7.03. The van der Waals surface area contributed by atoms with Crippen LogP contribution in [0.1, 0.15) is 98.8 Å².